The van der Waals surface area contributed by atoms with E-state index in [9.17, 15) is 9.59 Å². The number of benzene rings is 2. The Labute approximate surface area is 193 Å². The quantitative estimate of drug-likeness (QED) is 0.505. The molecule has 0 aliphatic carbocycles. The zero-order valence-electron chi connectivity index (χ0n) is 18.5. The molecule has 0 saturated carbocycles. The maximum Gasteiger partial charge on any atom is 0.323 e. The zero-order valence-corrected chi connectivity index (χ0v) is 18.5. The Morgan fingerprint density at radius 2 is 1.73 bits per heavy atom. The number of nitrogens with zero attached hydrogens (tertiary/aromatic N) is 2. The lowest BCUT2D eigenvalue weighted by molar-refractivity contribution is 0.0951. The van der Waals surface area contributed by atoms with Crippen molar-refractivity contribution in [3.8, 4) is 5.75 Å². The molecule has 0 unspecified atom stereocenters. The van der Waals surface area contributed by atoms with E-state index >= 15 is 0 Å². The molecule has 1 aromatic heterocycles. The third-order valence-electron chi connectivity index (χ3n) is 5.47. The summed E-state index contributed by atoms with van der Waals surface area (Å²) in [5, 5.41) is 8.56. The average molecular weight is 446 g/mol. The summed E-state index contributed by atoms with van der Waals surface area (Å²) in [5.41, 5.74) is 3.49. The first-order valence-corrected chi connectivity index (χ1v) is 10.9. The Balaban J connectivity index is 1.48. The molecule has 4 rings (SSSR count). The fourth-order valence-corrected chi connectivity index (χ4v) is 3.78. The summed E-state index contributed by atoms with van der Waals surface area (Å²) in [5.74, 6) is 0.514. The lowest BCUT2D eigenvalue weighted by Gasteiger charge is -2.22. The monoisotopic (exact) mass is 445 g/mol. The van der Waals surface area contributed by atoms with Gasteiger partial charge in [-0.05, 0) is 66.9 Å². The number of aromatic nitrogens is 1. The van der Waals surface area contributed by atoms with Gasteiger partial charge in [0, 0.05) is 49.1 Å². The Morgan fingerprint density at radius 3 is 2.42 bits per heavy atom. The molecule has 3 aromatic rings. The van der Waals surface area contributed by atoms with Crippen LogP contribution in [0.25, 0.3) is 0 Å². The summed E-state index contributed by atoms with van der Waals surface area (Å²) in [6, 6.07) is 15.8. The minimum Gasteiger partial charge on any atom is -0.497 e. The van der Waals surface area contributed by atoms with Crippen LogP contribution >= 0.6 is 0 Å². The molecule has 33 heavy (non-hydrogen) atoms. The number of anilines is 3. The van der Waals surface area contributed by atoms with Gasteiger partial charge in [0.05, 0.1) is 12.7 Å². The van der Waals surface area contributed by atoms with Gasteiger partial charge in [-0.25, -0.2) is 4.79 Å². The summed E-state index contributed by atoms with van der Waals surface area (Å²) in [6.07, 6.45) is 5.62. The lowest BCUT2D eigenvalue weighted by atomic mass is 10.1. The van der Waals surface area contributed by atoms with Gasteiger partial charge in [-0.3, -0.25) is 9.78 Å². The van der Waals surface area contributed by atoms with Crippen molar-refractivity contribution in [1.29, 1.82) is 0 Å². The largest absolute Gasteiger partial charge is 0.497 e. The molecular weight excluding hydrogens is 418 g/mol. The first-order valence-electron chi connectivity index (χ1n) is 10.9. The number of ether oxygens (including phenoxy) is 1. The number of nitrogens with one attached hydrogen (secondary N) is 3. The first-order chi connectivity index (χ1) is 16.1. The molecule has 3 N–H and O–H groups in total. The van der Waals surface area contributed by atoms with Gasteiger partial charge in [0.15, 0.2) is 0 Å². The molecule has 3 amide bonds. The molecule has 0 radical (unpaired) electrons. The SMILES string of the molecule is COc1ccc(NC(=O)Nc2ccc(N3CCCC3)c(C(=O)NCc3cccnc3)c2)cc1. The van der Waals surface area contributed by atoms with Crippen molar-refractivity contribution in [2.45, 2.75) is 19.4 Å². The fourth-order valence-electron chi connectivity index (χ4n) is 3.78. The second-order valence-electron chi connectivity index (χ2n) is 7.78. The van der Waals surface area contributed by atoms with E-state index in [2.05, 4.69) is 25.8 Å². The third-order valence-corrected chi connectivity index (χ3v) is 5.47. The number of rotatable bonds is 7. The van der Waals surface area contributed by atoms with Crippen LogP contribution < -0.4 is 25.6 Å². The lowest BCUT2D eigenvalue weighted by Crippen LogP contribution is -2.27. The summed E-state index contributed by atoms with van der Waals surface area (Å²) in [7, 11) is 1.59. The first kappa shape index (κ1) is 22.1. The Morgan fingerprint density at radius 1 is 1.00 bits per heavy atom. The summed E-state index contributed by atoms with van der Waals surface area (Å²) >= 11 is 0. The molecule has 2 heterocycles. The van der Waals surface area contributed by atoms with Gasteiger partial charge in [-0.15, -0.1) is 0 Å². The molecule has 8 nitrogen and oxygen atoms in total. The zero-order chi connectivity index (χ0) is 23.0. The summed E-state index contributed by atoms with van der Waals surface area (Å²) < 4.78 is 5.13. The van der Waals surface area contributed by atoms with E-state index in [1.807, 2.05) is 24.3 Å². The molecule has 1 saturated heterocycles. The molecule has 1 aliphatic rings. The molecule has 8 heteroatoms. The van der Waals surface area contributed by atoms with E-state index in [4.69, 9.17) is 4.74 Å². The van der Waals surface area contributed by atoms with Crippen LogP contribution in [0.5, 0.6) is 5.75 Å². The minimum absolute atomic E-state index is 0.194. The number of carbonyl (C=O) groups excluding carboxylic acids is 2. The van der Waals surface area contributed by atoms with E-state index in [1.54, 1.807) is 49.8 Å². The highest BCUT2D eigenvalue weighted by Gasteiger charge is 2.20. The standard InChI is InChI=1S/C25H27N5O3/c1-33-21-9-6-19(7-10-21)28-25(32)29-20-8-11-23(30-13-2-3-14-30)22(15-20)24(31)27-17-18-5-4-12-26-16-18/h4-12,15-16H,2-3,13-14,17H2,1H3,(H,27,31)(H2,28,29,32). The highest BCUT2D eigenvalue weighted by atomic mass is 16.5. The third kappa shape index (κ3) is 5.79. The maximum absolute atomic E-state index is 13.1. The van der Waals surface area contributed by atoms with Gasteiger partial charge in [-0.1, -0.05) is 6.07 Å². The van der Waals surface area contributed by atoms with Crippen molar-refractivity contribution in [2.24, 2.45) is 0 Å². The van der Waals surface area contributed by atoms with Crippen LogP contribution in [0.3, 0.4) is 0 Å². The molecule has 1 fully saturated rings. The van der Waals surface area contributed by atoms with Gasteiger partial charge in [0.25, 0.3) is 5.91 Å². The van der Waals surface area contributed by atoms with Gasteiger partial charge < -0.3 is 25.6 Å². The van der Waals surface area contributed by atoms with Gasteiger partial charge in [0.2, 0.25) is 0 Å². The second-order valence-corrected chi connectivity index (χ2v) is 7.78. The van der Waals surface area contributed by atoms with Crippen molar-refractivity contribution in [2.75, 3.05) is 35.7 Å². The van der Waals surface area contributed by atoms with E-state index in [1.165, 1.54) is 0 Å². The van der Waals surface area contributed by atoms with Crippen molar-refractivity contribution < 1.29 is 14.3 Å². The molecule has 170 valence electrons. The molecule has 0 spiro atoms. The predicted molar refractivity (Wildman–Crippen MR) is 129 cm³/mol. The highest BCUT2D eigenvalue weighted by Crippen LogP contribution is 2.28. The van der Waals surface area contributed by atoms with E-state index in [-0.39, 0.29) is 5.91 Å². The van der Waals surface area contributed by atoms with Crippen LogP contribution in [-0.2, 0) is 6.54 Å². The number of pyridine rings is 1. The van der Waals surface area contributed by atoms with Crippen LogP contribution in [0, 0.1) is 0 Å². The van der Waals surface area contributed by atoms with Crippen LogP contribution in [0.4, 0.5) is 21.9 Å². The van der Waals surface area contributed by atoms with E-state index in [0.29, 0.717) is 29.2 Å². The number of hydrogen-bond donors (Lipinski definition) is 3. The van der Waals surface area contributed by atoms with Crippen molar-refractivity contribution in [3.05, 3.63) is 78.1 Å². The number of carbonyl (C=O) groups is 2. The number of urea groups is 1. The van der Waals surface area contributed by atoms with Gasteiger partial charge >= 0.3 is 6.03 Å². The molecular formula is C25H27N5O3. The Hall–Kier alpha value is -4.07. The molecule has 0 bridgehead atoms. The van der Waals surface area contributed by atoms with Crippen LogP contribution in [0.1, 0.15) is 28.8 Å². The Kier molecular flexibility index (Phi) is 7.04. The van der Waals surface area contributed by atoms with Crippen molar-refractivity contribution >= 4 is 29.0 Å². The number of methoxy groups -OCH3 is 1. The number of hydrogen-bond acceptors (Lipinski definition) is 5. The average Bonchev–Trinajstić information content (AvgIpc) is 3.38. The van der Waals surface area contributed by atoms with Gasteiger partial charge in [0.1, 0.15) is 5.75 Å². The summed E-state index contributed by atoms with van der Waals surface area (Å²) in [4.78, 5) is 31.9. The normalized spacial score (nSPS) is 12.8. The molecule has 0 atom stereocenters. The Bertz CT molecular complexity index is 1100. The fraction of sp³-hybridized carbons (Fsp3) is 0.240. The molecule has 2 aromatic carbocycles. The summed E-state index contributed by atoms with van der Waals surface area (Å²) in [6.45, 7) is 2.20. The maximum atomic E-state index is 13.1. The van der Waals surface area contributed by atoms with Crippen LogP contribution in [-0.4, -0.2) is 37.1 Å². The topological polar surface area (TPSA) is 95.6 Å². The van der Waals surface area contributed by atoms with Crippen LogP contribution in [0.15, 0.2) is 67.0 Å². The minimum atomic E-state index is -0.393. The molecule has 1 aliphatic heterocycles. The van der Waals surface area contributed by atoms with E-state index < -0.39 is 6.03 Å². The second kappa shape index (κ2) is 10.5. The van der Waals surface area contributed by atoms with Crippen LogP contribution in [0.2, 0.25) is 0 Å². The predicted octanol–water partition coefficient (Wildman–Crippen LogP) is 4.26. The number of amides is 3. The van der Waals surface area contributed by atoms with E-state index in [0.717, 1.165) is 37.2 Å². The van der Waals surface area contributed by atoms with Crippen molar-refractivity contribution in [1.82, 2.24) is 10.3 Å². The smallest absolute Gasteiger partial charge is 0.323 e. The van der Waals surface area contributed by atoms with Gasteiger partial charge in [-0.2, -0.15) is 0 Å². The highest BCUT2D eigenvalue weighted by molar-refractivity contribution is 6.04. The van der Waals surface area contributed by atoms with Crippen molar-refractivity contribution in [3.63, 3.8) is 0 Å².